The highest BCUT2D eigenvalue weighted by Gasteiger charge is 2.04. The maximum Gasteiger partial charge on any atom is 0.0936 e. The second-order valence-electron chi connectivity index (χ2n) is 3.65. The van der Waals surface area contributed by atoms with Crippen molar-refractivity contribution in [3.63, 3.8) is 0 Å². The fourth-order valence-corrected chi connectivity index (χ4v) is 1.74. The van der Waals surface area contributed by atoms with Gasteiger partial charge in [-0.2, -0.15) is 15.0 Å². The minimum Gasteiger partial charge on any atom is -0.264 e. The number of hydrogen-bond acceptors (Lipinski definition) is 3. The number of rotatable bonds is 1. The van der Waals surface area contributed by atoms with E-state index in [0.29, 0.717) is 0 Å². The highest BCUT2D eigenvalue weighted by molar-refractivity contribution is 5.89. The molecular weight excluding hydrogens is 200 g/mol. The first-order chi connectivity index (χ1) is 7.84. The number of aryl methyl sites for hydroxylation is 1. The van der Waals surface area contributed by atoms with Crippen LogP contribution in [0.4, 0.5) is 0 Å². The van der Waals surface area contributed by atoms with Crippen molar-refractivity contribution < 1.29 is 0 Å². The van der Waals surface area contributed by atoms with Crippen molar-refractivity contribution in [2.24, 2.45) is 0 Å². The molecule has 0 saturated carbocycles. The molecule has 3 aromatic rings. The average molecular weight is 210 g/mol. The molecule has 0 fully saturated rings. The van der Waals surface area contributed by atoms with Crippen LogP contribution in [0.5, 0.6) is 0 Å². The van der Waals surface area contributed by atoms with Crippen LogP contribution >= 0.6 is 0 Å². The van der Waals surface area contributed by atoms with Gasteiger partial charge in [0.15, 0.2) is 0 Å². The average Bonchev–Trinajstić information content (AvgIpc) is 2.75. The molecule has 0 N–H and O–H groups in total. The van der Waals surface area contributed by atoms with Gasteiger partial charge in [0.25, 0.3) is 0 Å². The highest BCUT2D eigenvalue weighted by Crippen LogP contribution is 2.19. The van der Waals surface area contributed by atoms with Crippen LogP contribution in [0, 0.1) is 6.92 Å². The molecule has 1 aromatic carbocycles. The molecule has 0 radical (unpaired) electrons. The van der Waals surface area contributed by atoms with Crippen LogP contribution in [0.3, 0.4) is 0 Å². The van der Waals surface area contributed by atoms with Crippen LogP contribution in [0.2, 0.25) is 0 Å². The molecule has 0 aliphatic heterocycles. The first-order valence-electron chi connectivity index (χ1n) is 5.07. The molecule has 0 unspecified atom stereocenters. The molecule has 78 valence electrons. The molecule has 0 atom stereocenters. The zero-order chi connectivity index (χ0) is 11.0. The van der Waals surface area contributed by atoms with Gasteiger partial charge in [0, 0.05) is 23.2 Å². The molecule has 2 heterocycles. The first kappa shape index (κ1) is 9.03. The Kier molecular flexibility index (Phi) is 1.93. The minimum absolute atomic E-state index is 0.908. The lowest BCUT2D eigenvalue weighted by Gasteiger charge is -2.04. The molecule has 4 nitrogen and oxygen atoms in total. The van der Waals surface area contributed by atoms with Crippen LogP contribution in [-0.2, 0) is 0 Å². The van der Waals surface area contributed by atoms with Crippen LogP contribution < -0.4 is 0 Å². The van der Waals surface area contributed by atoms with Gasteiger partial charge in [-0.25, -0.2) is 0 Å². The predicted molar refractivity (Wildman–Crippen MR) is 61.4 cm³/mol. The zero-order valence-electron chi connectivity index (χ0n) is 8.83. The summed E-state index contributed by atoms with van der Waals surface area (Å²) in [7, 11) is 0. The highest BCUT2D eigenvalue weighted by atomic mass is 15.5. The van der Waals surface area contributed by atoms with Crippen molar-refractivity contribution in [3.05, 3.63) is 48.5 Å². The summed E-state index contributed by atoms with van der Waals surface area (Å²) in [6.45, 7) is 1.93. The van der Waals surface area contributed by atoms with Crippen molar-refractivity contribution in [1.29, 1.82) is 0 Å². The van der Waals surface area contributed by atoms with E-state index in [1.807, 2.05) is 37.4 Å². The number of pyridine rings is 1. The number of fused-ring (bicyclic) bond motifs is 1. The van der Waals surface area contributed by atoms with Gasteiger partial charge in [0.05, 0.1) is 17.6 Å². The van der Waals surface area contributed by atoms with Gasteiger partial charge in [0.2, 0.25) is 0 Å². The van der Waals surface area contributed by atoms with Crippen molar-refractivity contribution in [3.8, 4) is 5.69 Å². The van der Waals surface area contributed by atoms with Crippen LogP contribution in [-0.4, -0.2) is 20.0 Å². The van der Waals surface area contributed by atoms with Crippen LogP contribution in [0.1, 0.15) is 5.69 Å². The van der Waals surface area contributed by atoms with Crippen molar-refractivity contribution in [2.75, 3.05) is 0 Å². The van der Waals surface area contributed by atoms with Gasteiger partial charge >= 0.3 is 0 Å². The molecule has 3 rings (SSSR count). The first-order valence-corrected chi connectivity index (χ1v) is 5.07. The van der Waals surface area contributed by atoms with E-state index in [1.165, 1.54) is 0 Å². The summed E-state index contributed by atoms with van der Waals surface area (Å²) in [5, 5.41) is 10.7. The van der Waals surface area contributed by atoms with E-state index in [9.17, 15) is 0 Å². The summed E-state index contributed by atoms with van der Waals surface area (Å²) in [6.07, 6.45) is 5.37. The molecule has 0 amide bonds. The van der Waals surface area contributed by atoms with Crippen molar-refractivity contribution >= 4 is 10.8 Å². The Balaban J connectivity index is 2.31. The van der Waals surface area contributed by atoms with Gasteiger partial charge in [-0.3, -0.25) is 4.98 Å². The quantitative estimate of drug-likeness (QED) is 0.618. The molecule has 0 spiro atoms. The van der Waals surface area contributed by atoms with E-state index < -0.39 is 0 Å². The van der Waals surface area contributed by atoms with Crippen LogP contribution in [0.15, 0.2) is 42.9 Å². The fourth-order valence-electron chi connectivity index (χ4n) is 1.74. The second kappa shape index (κ2) is 3.41. The Labute approximate surface area is 92.6 Å². The van der Waals surface area contributed by atoms with Gasteiger partial charge in [-0.05, 0) is 19.1 Å². The monoisotopic (exact) mass is 210 g/mol. The van der Waals surface area contributed by atoms with E-state index in [2.05, 4.69) is 15.2 Å². The topological polar surface area (TPSA) is 43.6 Å². The molecule has 0 aliphatic carbocycles. The SMILES string of the molecule is Cc1cnn(-c2cccc3cnccc23)n1. The van der Waals surface area contributed by atoms with Gasteiger partial charge in [-0.15, -0.1) is 0 Å². The summed E-state index contributed by atoms with van der Waals surface area (Å²) in [5.41, 5.74) is 1.89. The number of nitrogens with zero attached hydrogens (tertiary/aromatic N) is 4. The van der Waals surface area contributed by atoms with Crippen LogP contribution in [0.25, 0.3) is 16.5 Å². The summed E-state index contributed by atoms with van der Waals surface area (Å²) in [4.78, 5) is 5.75. The van der Waals surface area contributed by atoms with Crippen molar-refractivity contribution in [2.45, 2.75) is 6.92 Å². The number of benzene rings is 1. The lowest BCUT2D eigenvalue weighted by Crippen LogP contribution is -1.99. The Bertz CT molecular complexity index is 637. The Morgan fingerprint density at radius 1 is 1.12 bits per heavy atom. The molecule has 0 saturated heterocycles. The Hall–Kier alpha value is -2.23. The predicted octanol–water partition coefficient (Wildman–Crippen LogP) is 2.12. The summed E-state index contributed by atoms with van der Waals surface area (Å²) in [5.74, 6) is 0. The molecule has 0 bridgehead atoms. The third-order valence-corrected chi connectivity index (χ3v) is 2.48. The number of aromatic nitrogens is 4. The van der Waals surface area contributed by atoms with Gasteiger partial charge in [0.1, 0.15) is 0 Å². The standard InChI is InChI=1S/C12H10N4/c1-9-7-14-16(15-9)12-4-2-3-10-8-13-6-5-11(10)12/h2-8H,1H3. The van der Waals surface area contributed by atoms with E-state index in [1.54, 1.807) is 17.2 Å². The summed E-state index contributed by atoms with van der Waals surface area (Å²) < 4.78 is 0. The van der Waals surface area contributed by atoms with Crippen molar-refractivity contribution in [1.82, 2.24) is 20.0 Å². The second-order valence-corrected chi connectivity index (χ2v) is 3.65. The zero-order valence-corrected chi connectivity index (χ0v) is 8.83. The lowest BCUT2D eigenvalue weighted by molar-refractivity contribution is 0.751. The Morgan fingerprint density at radius 2 is 2.06 bits per heavy atom. The summed E-state index contributed by atoms with van der Waals surface area (Å²) >= 11 is 0. The molecule has 4 heteroatoms. The fraction of sp³-hybridized carbons (Fsp3) is 0.0833. The Morgan fingerprint density at radius 3 is 2.88 bits per heavy atom. The van der Waals surface area contributed by atoms with Gasteiger partial charge < -0.3 is 0 Å². The summed E-state index contributed by atoms with van der Waals surface area (Å²) in [6, 6.07) is 7.99. The third kappa shape index (κ3) is 1.35. The van der Waals surface area contributed by atoms with E-state index in [4.69, 9.17) is 0 Å². The molecule has 0 aliphatic rings. The minimum atomic E-state index is 0.908. The smallest absolute Gasteiger partial charge is 0.0936 e. The lowest BCUT2D eigenvalue weighted by atomic mass is 10.1. The molecule has 2 aromatic heterocycles. The molecular formula is C12H10N4. The number of hydrogen-bond donors (Lipinski definition) is 0. The third-order valence-electron chi connectivity index (χ3n) is 2.48. The normalized spacial score (nSPS) is 10.8. The van der Waals surface area contributed by atoms with E-state index >= 15 is 0 Å². The molecule has 16 heavy (non-hydrogen) atoms. The maximum absolute atomic E-state index is 4.32. The maximum atomic E-state index is 4.32. The largest absolute Gasteiger partial charge is 0.264 e. The van der Waals surface area contributed by atoms with E-state index in [-0.39, 0.29) is 0 Å². The van der Waals surface area contributed by atoms with E-state index in [0.717, 1.165) is 22.2 Å². The van der Waals surface area contributed by atoms with Gasteiger partial charge in [-0.1, -0.05) is 12.1 Å².